The summed E-state index contributed by atoms with van der Waals surface area (Å²) in [5, 5.41) is 12.3. The summed E-state index contributed by atoms with van der Waals surface area (Å²) in [6.45, 7) is 1.81. The Kier molecular flexibility index (Phi) is 3.06. The Bertz CT molecular complexity index is 713. The van der Waals surface area contributed by atoms with E-state index in [-0.39, 0.29) is 0 Å². The normalized spacial score (nSPS) is 12.5. The molecule has 0 radical (unpaired) electrons. The van der Waals surface area contributed by atoms with Gasteiger partial charge in [0, 0.05) is 0 Å². The molecule has 0 spiro atoms. The first kappa shape index (κ1) is 11.9. The largest absolute Gasteiger partial charge is 0.389 e. The summed E-state index contributed by atoms with van der Waals surface area (Å²) in [6, 6.07) is 22.8. The summed E-state index contributed by atoms with van der Waals surface area (Å²) in [7, 11) is 0. The third-order valence-corrected chi connectivity index (χ3v) is 3.47. The molecule has 3 aromatic rings. The van der Waals surface area contributed by atoms with Gasteiger partial charge < -0.3 is 5.11 Å². The Hall–Kier alpha value is -2.12. The zero-order valence-electron chi connectivity index (χ0n) is 10.9. The highest BCUT2D eigenvalue weighted by molar-refractivity contribution is 5.87. The van der Waals surface area contributed by atoms with Crippen molar-refractivity contribution in [3.05, 3.63) is 72.3 Å². The first-order chi connectivity index (χ1) is 9.25. The number of aliphatic hydroxyl groups excluding tert-OH is 1. The van der Waals surface area contributed by atoms with Crippen molar-refractivity contribution in [2.75, 3.05) is 0 Å². The predicted octanol–water partition coefficient (Wildman–Crippen LogP) is 4.56. The zero-order chi connectivity index (χ0) is 13.2. The molecule has 0 saturated heterocycles. The highest BCUT2D eigenvalue weighted by atomic mass is 16.3. The molecule has 0 aliphatic carbocycles. The monoisotopic (exact) mass is 248 g/mol. The Morgan fingerprint density at radius 1 is 0.789 bits per heavy atom. The fourth-order valence-electron chi connectivity index (χ4n) is 2.48. The highest BCUT2D eigenvalue weighted by Crippen LogP contribution is 2.30. The molecule has 0 aliphatic heterocycles. The molecule has 1 N–H and O–H groups in total. The van der Waals surface area contributed by atoms with Crippen LogP contribution in [0.3, 0.4) is 0 Å². The lowest BCUT2D eigenvalue weighted by atomic mass is 9.95. The molecule has 0 amide bonds. The number of benzene rings is 3. The highest BCUT2D eigenvalue weighted by Gasteiger charge is 2.09. The number of hydrogen-bond acceptors (Lipinski definition) is 1. The summed E-state index contributed by atoms with van der Waals surface area (Å²) in [5.41, 5.74) is 3.22. The summed E-state index contributed by atoms with van der Waals surface area (Å²) < 4.78 is 0. The van der Waals surface area contributed by atoms with Crippen molar-refractivity contribution >= 4 is 10.8 Å². The lowest BCUT2D eigenvalue weighted by molar-refractivity contribution is 0.200. The molecule has 94 valence electrons. The second-order valence-electron chi connectivity index (χ2n) is 4.83. The van der Waals surface area contributed by atoms with Gasteiger partial charge in [-0.25, -0.2) is 0 Å². The van der Waals surface area contributed by atoms with Gasteiger partial charge in [0.05, 0.1) is 6.10 Å². The maximum absolute atomic E-state index is 9.88. The van der Waals surface area contributed by atoms with E-state index in [4.69, 9.17) is 0 Å². The Balaban J connectivity index is 2.19. The molecule has 0 aromatic heterocycles. The van der Waals surface area contributed by atoms with Crippen molar-refractivity contribution in [3.8, 4) is 11.1 Å². The molecule has 1 unspecified atom stereocenters. The zero-order valence-corrected chi connectivity index (χ0v) is 10.9. The maximum atomic E-state index is 9.88. The minimum absolute atomic E-state index is 0.456. The van der Waals surface area contributed by atoms with Gasteiger partial charge in [-0.05, 0) is 40.5 Å². The standard InChI is InChI=1S/C18H16O/c1-13(19)17-8-4-5-9-18(17)16-11-10-14-6-2-3-7-15(14)12-16/h2-13,19H,1H3. The third kappa shape index (κ3) is 2.25. The fraction of sp³-hybridized carbons (Fsp3) is 0.111. The van der Waals surface area contributed by atoms with Crippen LogP contribution in [0.5, 0.6) is 0 Å². The first-order valence-electron chi connectivity index (χ1n) is 6.52. The van der Waals surface area contributed by atoms with E-state index < -0.39 is 6.10 Å². The Labute approximate surface area is 113 Å². The van der Waals surface area contributed by atoms with Crippen LogP contribution in [0.2, 0.25) is 0 Å². The third-order valence-electron chi connectivity index (χ3n) is 3.47. The molecular weight excluding hydrogens is 232 g/mol. The number of hydrogen-bond donors (Lipinski definition) is 1. The SMILES string of the molecule is CC(O)c1ccccc1-c1ccc2ccccc2c1. The van der Waals surface area contributed by atoms with Crippen molar-refractivity contribution in [1.29, 1.82) is 0 Å². The van der Waals surface area contributed by atoms with E-state index in [9.17, 15) is 5.11 Å². The molecule has 1 atom stereocenters. The Morgan fingerprint density at radius 3 is 2.26 bits per heavy atom. The van der Waals surface area contributed by atoms with E-state index >= 15 is 0 Å². The van der Waals surface area contributed by atoms with Gasteiger partial charge in [-0.3, -0.25) is 0 Å². The molecule has 3 rings (SSSR count). The van der Waals surface area contributed by atoms with Crippen LogP contribution in [0.4, 0.5) is 0 Å². The second kappa shape index (κ2) is 4.87. The molecule has 0 saturated carbocycles. The minimum atomic E-state index is -0.456. The topological polar surface area (TPSA) is 20.2 Å². The van der Waals surface area contributed by atoms with Crippen molar-refractivity contribution in [2.45, 2.75) is 13.0 Å². The van der Waals surface area contributed by atoms with Crippen molar-refractivity contribution in [1.82, 2.24) is 0 Å². The van der Waals surface area contributed by atoms with E-state index in [1.54, 1.807) is 6.92 Å². The molecule has 0 aliphatic rings. The number of fused-ring (bicyclic) bond motifs is 1. The summed E-state index contributed by atoms with van der Waals surface area (Å²) in [5.74, 6) is 0. The van der Waals surface area contributed by atoms with Crippen molar-refractivity contribution in [2.24, 2.45) is 0 Å². The quantitative estimate of drug-likeness (QED) is 0.705. The molecule has 0 heterocycles. The molecule has 1 heteroatoms. The summed E-state index contributed by atoms with van der Waals surface area (Å²) in [4.78, 5) is 0. The molecule has 0 bridgehead atoms. The van der Waals surface area contributed by atoms with E-state index in [2.05, 4.69) is 36.4 Å². The first-order valence-corrected chi connectivity index (χ1v) is 6.52. The summed E-state index contributed by atoms with van der Waals surface area (Å²) >= 11 is 0. The van der Waals surface area contributed by atoms with Gasteiger partial charge in [-0.2, -0.15) is 0 Å². The number of aliphatic hydroxyl groups is 1. The van der Waals surface area contributed by atoms with Crippen LogP contribution >= 0.6 is 0 Å². The van der Waals surface area contributed by atoms with Crippen molar-refractivity contribution in [3.63, 3.8) is 0 Å². The van der Waals surface area contributed by atoms with Crippen LogP contribution < -0.4 is 0 Å². The van der Waals surface area contributed by atoms with Crippen LogP contribution in [0, 0.1) is 0 Å². The van der Waals surface area contributed by atoms with Crippen molar-refractivity contribution < 1.29 is 5.11 Å². The molecule has 3 aromatic carbocycles. The second-order valence-corrected chi connectivity index (χ2v) is 4.83. The maximum Gasteiger partial charge on any atom is 0.0767 e. The molecule has 0 fully saturated rings. The van der Waals surface area contributed by atoms with Crippen LogP contribution in [0.1, 0.15) is 18.6 Å². The Morgan fingerprint density at radius 2 is 1.47 bits per heavy atom. The lowest BCUT2D eigenvalue weighted by Gasteiger charge is -2.12. The smallest absolute Gasteiger partial charge is 0.0767 e. The molecular formula is C18H16O. The molecule has 19 heavy (non-hydrogen) atoms. The number of rotatable bonds is 2. The van der Waals surface area contributed by atoms with Gasteiger partial charge in [0.15, 0.2) is 0 Å². The van der Waals surface area contributed by atoms with Gasteiger partial charge >= 0.3 is 0 Å². The van der Waals surface area contributed by atoms with E-state index in [0.29, 0.717) is 0 Å². The van der Waals surface area contributed by atoms with Gasteiger partial charge in [0.2, 0.25) is 0 Å². The summed E-state index contributed by atoms with van der Waals surface area (Å²) in [6.07, 6.45) is -0.456. The van der Waals surface area contributed by atoms with Crippen LogP contribution in [-0.4, -0.2) is 5.11 Å². The lowest BCUT2D eigenvalue weighted by Crippen LogP contribution is -1.94. The van der Waals surface area contributed by atoms with Gasteiger partial charge in [0.1, 0.15) is 0 Å². The molecule has 1 nitrogen and oxygen atoms in total. The van der Waals surface area contributed by atoms with Crippen LogP contribution in [0.25, 0.3) is 21.9 Å². The average molecular weight is 248 g/mol. The fourth-order valence-corrected chi connectivity index (χ4v) is 2.48. The van der Waals surface area contributed by atoms with E-state index in [1.807, 2.05) is 30.3 Å². The van der Waals surface area contributed by atoms with Gasteiger partial charge in [-0.1, -0.05) is 60.7 Å². The van der Waals surface area contributed by atoms with Gasteiger partial charge in [0.25, 0.3) is 0 Å². The van der Waals surface area contributed by atoms with E-state index in [1.165, 1.54) is 10.8 Å². The average Bonchev–Trinajstić information content (AvgIpc) is 2.46. The minimum Gasteiger partial charge on any atom is -0.389 e. The van der Waals surface area contributed by atoms with Crippen LogP contribution in [0.15, 0.2) is 66.7 Å². The van der Waals surface area contributed by atoms with E-state index in [0.717, 1.165) is 16.7 Å². The van der Waals surface area contributed by atoms with Gasteiger partial charge in [-0.15, -0.1) is 0 Å². The predicted molar refractivity (Wildman–Crippen MR) is 80.0 cm³/mol. The van der Waals surface area contributed by atoms with Crippen LogP contribution in [-0.2, 0) is 0 Å².